The van der Waals surface area contributed by atoms with Crippen LogP contribution in [0.5, 0.6) is 0 Å². The highest BCUT2D eigenvalue weighted by Crippen LogP contribution is 2.25. The number of hydrogen-bond acceptors (Lipinski definition) is 4. The highest BCUT2D eigenvalue weighted by Gasteiger charge is 2.29. The van der Waals surface area contributed by atoms with E-state index < -0.39 is 10.0 Å². The Bertz CT molecular complexity index is 970. The van der Waals surface area contributed by atoms with Gasteiger partial charge in [0.15, 0.2) is 0 Å². The molecular formula is C20H24ClN3O3S. The second-order valence-corrected chi connectivity index (χ2v) is 9.32. The molecule has 1 saturated heterocycles. The van der Waals surface area contributed by atoms with Crippen LogP contribution >= 0.6 is 11.6 Å². The van der Waals surface area contributed by atoms with E-state index in [1.54, 1.807) is 37.3 Å². The minimum Gasteiger partial charge on any atom is -0.326 e. The third kappa shape index (κ3) is 4.72. The van der Waals surface area contributed by atoms with Gasteiger partial charge in [0.05, 0.1) is 11.3 Å². The molecular weight excluding hydrogens is 398 g/mol. The van der Waals surface area contributed by atoms with Crippen molar-refractivity contribution in [2.24, 2.45) is 0 Å². The van der Waals surface area contributed by atoms with E-state index in [9.17, 15) is 13.2 Å². The summed E-state index contributed by atoms with van der Waals surface area (Å²) in [6, 6.07) is 12.1. The van der Waals surface area contributed by atoms with Crippen LogP contribution < -0.4 is 5.32 Å². The van der Waals surface area contributed by atoms with Gasteiger partial charge in [-0.3, -0.25) is 4.79 Å². The van der Waals surface area contributed by atoms with Gasteiger partial charge in [-0.1, -0.05) is 35.9 Å². The normalized spacial score (nSPS) is 16.1. The first kappa shape index (κ1) is 20.8. The Hall–Kier alpha value is -1.93. The molecule has 1 heterocycles. The zero-order chi connectivity index (χ0) is 20.3. The summed E-state index contributed by atoms with van der Waals surface area (Å²) in [6.07, 6.45) is 0.119. The predicted molar refractivity (Wildman–Crippen MR) is 111 cm³/mol. The number of nitrogens with one attached hydrogen (secondary N) is 1. The first-order valence-corrected chi connectivity index (χ1v) is 10.9. The molecule has 0 radical (unpaired) electrons. The number of amides is 1. The summed E-state index contributed by atoms with van der Waals surface area (Å²) in [6.45, 7) is 4.08. The summed E-state index contributed by atoms with van der Waals surface area (Å²) >= 11 is 6.11. The monoisotopic (exact) mass is 421 g/mol. The Morgan fingerprint density at radius 2 is 1.79 bits per heavy atom. The van der Waals surface area contributed by atoms with Crippen LogP contribution in [0.25, 0.3) is 0 Å². The van der Waals surface area contributed by atoms with Crippen molar-refractivity contribution in [3.05, 3.63) is 58.6 Å². The van der Waals surface area contributed by atoms with Gasteiger partial charge < -0.3 is 10.2 Å². The van der Waals surface area contributed by atoms with Crippen LogP contribution in [-0.2, 0) is 21.2 Å². The number of hydrogen-bond donors (Lipinski definition) is 1. The molecule has 2 aromatic carbocycles. The van der Waals surface area contributed by atoms with E-state index in [1.165, 1.54) is 10.4 Å². The molecule has 1 aliphatic rings. The SMILES string of the molecule is Cc1ccc(NC(=O)Cc2ccccc2Cl)cc1S(=O)(=O)N1CCN(C)CC1. The maximum atomic E-state index is 13.1. The maximum absolute atomic E-state index is 13.1. The van der Waals surface area contributed by atoms with Crippen molar-refractivity contribution in [2.45, 2.75) is 18.2 Å². The van der Waals surface area contributed by atoms with Crippen molar-refractivity contribution in [3.8, 4) is 0 Å². The van der Waals surface area contributed by atoms with Crippen molar-refractivity contribution < 1.29 is 13.2 Å². The Kier molecular flexibility index (Phi) is 6.40. The molecule has 1 amide bonds. The number of sulfonamides is 1. The molecule has 28 heavy (non-hydrogen) atoms. The van der Waals surface area contributed by atoms with Crippen LogP contribution in [0.15, 0.2) is 47.4 Å². The summed E-state index contributed by atoms with van der Waals surface area (Å²) in [5.41, 5.74) is 1.83. The molecule has 0 unspecified atom stereocenters. The number of rotatable bonds is 5. The molecule has 1 aliphatic heterocycles. The molecule has 0 spiro atoms. The fourth-order valence-corrected chi connectivity index (χ4v) is 5.02. The lowest BCUT2D eigenvalue weighted by Gasteiger charge is -2.32. The summed E-state index contributed by atoms with van der Waals surface area (Å²) in [5, 5.41) is 3.31. The molecule has 3 rings (SSSR count). The molecule has 0 aromatic heterocycles. The fourth-order valence-electron chi connectivity index (χ4n) is 3.14. The van der Waals surface area contributed by atoms with E-state index >= 15 is 0 Å². The maximum Gasteiger partial charge on any atom is 0.243 e. The van der Waals surface area contributed by atoms with Crippen molar-refractivity contribution in [3.63, 3.8) is 0 Å². The lowest BCUT2D eigenvalue weighted by molar-refractivity contribution is -0.115. The Balaban J connectivity index is 1.77. The van der Waals surface area contributed by atoms with Gasteiger partial charge in [0, 0.05) is 36.9 Å². The zero-order valence-electron chi connectivity index (χ0n) is 16.0. The number of aryl methyl sites for hydroxylation is 1. The van der Waals surface area contributed by atoms with Crippen molar-refractivity contribution in [1.82, 2.24) is 9.21 Å². The molecule has 0 aliphatic carbocycles. The molecule has 0 bridgehead atoms. The minimum atomic E-state index is -3.61. The summed E-state index contributed by atoms with van der Waals surface area (Å²) in [7, 11) is -1.63. The molecule has 2 aromatic rings. The van der Waals surface area contributed by atoms with Crippen molar-refractivity contribution in [1.29, 1.82) is 0 Å². The molecule has 1 N–H and O–H groups in total. The van der Waals surface area contributed by atoms with Gasteiger partial charge in [-0.2, -0.15) is 4.31 Å². The van der Waals surface area contributed by atoms with Crippen LogP contribution in [-0.4, -0.2) is 56.8 Å². The van der Waals surface area contributed by atoms with Crippen LogP contribution in [0.1, 0.15) is 11.1 Å². The van der Waals surface area contributed by atoms with Crippen molar-refractivity contribution in [2.75, 3.05) is 38.5 Å². The van der Waals surface area contributed by atoms with Crippen LogP contribution in [0.4, 0.5) is 5.69 Å². The van der Waals surface area contributed by atoms with E-state index in [1.807, 2.05) is 13.1 Å². The number of likely N-dealkylation sites (N-methyl/N-ethyl adjacent to an activating group) is 1. The van der Waals surface area contributed by atoms with Crippen LogP contribution in [0.2, 0.25) is 5.02 Å². The minimum absolute atomic E-state index is 0.119. The first-order valence-electron chi connectivity index (χ1n) is 9.10. The lowest BCUT2D eigenvalue weighted by atomic mass is 10.1. The van der Waals surface area contributed by atoms with E-state index in [0.717, 1.165) is 5.56 Å². The summed E-state index contributed by atoms with van der Waals surface area (Å²) in [5.74, 6) is -0.250. The average molecular weight is 422 g/mol. The highest BCUT2D eigenvalue weighted by molar-refractivity contribution is 7.89. The van der Waals surface area contributed by atoms with Gasteiger partial charge in [-0.25, -0.2) is 8.42 Å². The number of halogens is 1. The third-order valence-corrected chi connectivity index (χ3v) is 7.27. The van der Waals surface area contributed by atoms with E-state index in [4.69, 9.17) is 11.6 Å². The zero-order valence-corrected chi connectivity index (χ0v) is 17.6. The van der Waals surface area contributed by atoms with E-state index in [2.05, 4.69) is 10.2 Å². The molecule has 6 nitrogen and oxygen atoms in total. The fraction of sp³-hybridized carbons (Fsp3) is 0.350. The van der Waals surface area contributed by atoms with Gasteiger partial charge in [0.25, 0.3) is 0 Å². The van der Waals surface area contributed by atoms with Gasteiger partial charge in [0.2, 0.25) is 15.9 Å². The van der Waals surface area contributed by atoms with Gasteiger partial charge in [-0.05, 0) is 43.3 Å². The Morgan fingerprint density at radius 3 is 2.46 bits per heavy atom. The number of carbonyl (C=O) groups is 1. The lowest BCUT2D eigenvalue weighted by Crippen LogP contribution is -2.47. The topological polar surface area (TPSA) is 69.7 Å². The van der Waals surface area contributed by atoms with Crippen LogP contribution in [0, 0.1) is 6.92 Å². The smallest absolute Gasteiger partial charge is 0.243 e. The van der Waals surface area contributed by atoms with Gasteiger partial charge in [0.1, 0.15) is 0 Å². The van der Waals surface area contributed by atoms with E-state index in [0.29, 0.717) is 42.5 Å². The van der Waals surface area contributed by atoms with Crippen molar-refractivity contribution >= 4 is 33.2 Å². The largest absolute Gasteiger partial charge is 0.326 e. The Labute approximate surface area is 171 Å². The molecule has 0 saturated carbocycles. The number of nitrogens with zero attached hydrogens (tertiary/aromatic N) is 2. The number of anilines is 1. The predicted octanol–water partition coefficient (Wildman–Crippen LogP) is 2.77. The summed E-state index contributed by atoms with van der Waals surface area (Å²) in [4.78, 5) is 14.7. The first-order chi connectivity index (χ1) is 13.3. The number of piperazine rings is 1. The Morgan fingerprint density at radius 1 is 1.11 bits per heavy atom. The molecule has 8 heteroatoms. The van der Waals surface area contributed by atoms with Gasteiger partial charge in [-0.15, -0.1) is 0 Å². The third-order valence-electron chi connectivity index (χ3n) is 4.86. The second-order valence-electron chi connectivity index (χ2n) is 7.00. The number of carbonyl (C=O) groups excluding carboxylic acids is 1. The molecule has 150 valence electrons. The molecule has 0 atom stereocenters. The van der Waals surface area contributed by atoms with E-state index in [-0.39, 0.29) is 17.2 Å². The summed E-state index contributed by atoms with van der Waals surface area (Å²) < 4.78 is 27.6. The standard InChI is InChI=1S/C20H24ClN3O3S/c1-15-7-8-17(22-20(25)13-16-5-3-4-6-18(16)21)14-19(15)28(26,27)24-11-9-23(2)10-12-24/h3-8,14H,9-13H2,1-2H3,(H,22,25). The molecule has 1 fully saturated rings. The second kappa shape index (κ2) is 8.61. The average Bonchev–Trinajstić information content (AvgIpc) is 2.65. The number of benzene rings is 2. The van der Waals surface area contributed by atoms with Gasteiger partial charge >= 0.3 is 0 Å². The highest BCUT2D eigenvalue weighted by atomic mass is 35.5. The quantitative estimate of drug-likeness (QED) is 0.805. The van der Waals surface area contributed by atoms with Crippen LogP contribution in [0.3, 0.4) is 0 Å².